The normalized spacial score (nSPS) is 10.0. The Bertz CT molecular complexity index is 545. The molecule has 1 aromatic heterocycles. The molecular weight excluding hydrogens is 287 g/mol. The maximum absolute atomic E-state index is 13.2. The molecule has 0 atom stereocenters. The molecule has 2 rings (SSSR count). The zero-order chi connectivity index (χ0) is 12.3. The number of nitrogens with zero attached hydrogens (tertiary/aromatic N) is 1. The van der Waals surface area contributed by atoms with Crippen molar-refractivity contribution in [1.82, 2.24) is 4.98 Å². The largest absolute Gasteiger partial charge is 0.321 e. The maximum atomic E-state index is 13.2. The molecule has 3 nitrogen and oxygen atoms in total. The van der Waals surface area contributed by atoms with Crippen LogP contribution in [-0.2, 0) is 0 Å². The van der Waals surface area contributed by atoms with Crippen molar-refractivity contribution < 1.29 is 9.18 Å². The van der Waals surface area contributed by atoms with E-state index >= 15 is 0 Å². The third kappa shape index (κ3) is 2.88. The van der Waals surface area contributed by atoms with Crippen molar-refractivity contribution in [2.75, 3.05) is 5.32 Å². The Hall–Kier alpha value is -1.75. The van der Waals surface area contributed by atoms with Crippen LogP contribution in [-0.4, -0.2) is 10.9 Å². The van der Waals surface area contributed by atoms with E-state index in [9.17, 15) is 9.18 Å². The van der Waals surface area contributed by atoms with Gasteiger partial charge >= 0.3 is 0 Å². The monoisotopic (exact) mass is 294 g/mol. The van der Waals surface area contributed by atoms with Gasteiger partial charge in [0.2, 0.25) is 0 Å². The highest BCUT2D eigenvalue weighted by Crippen LogP contribution is 2.17. The van der Waals surface area contributed by atoms with Crippen molar-refractivity contribution >= 4 is 27.5 Å². The Labute approximate surface area is 106 Å². The average Bonchev–Trinajstić information content (AvgIpc) is 2.34. The van der Waals surface area contributed by atoms with Gasteiger partial charge < -0.3 is 5.32 Å². The van der Waals surface area contributed by atoms with Gasteiger partial charge in [-0.15, -0.1) is 0 Å². The van der Waals surface area contributed by atoms with Crippen LogP contribution in [0.3, 0.4) is 0 Å². The van der Waals surface area contributed by atoms with E-state index in [0.717, 1.165) is 0 Å². The lowest BCUT2D eigenvalue weighted by Crippen LogP contribution is -2.12. The van der Waals surface area contributed by atoms with Crippen molar-refractivity contribution in [1.29, 1.82) is 0 Å². The number of pyridine rings is 1. The minimum Gasteiger partial charge on any atom is -0.321 e. The summed E-state index contributed by atoms with van der Waals surface area (Å²) in [5, 5.41) is 2.62. The smallest absolute Gasteiger partial charge is 0.255 e. The number of carbonyl (C=O) groups is 1. The van der Waals surface area contributed by atoms with Gasteiger partial charge in [-0.2, -0.15) is 0 Å². The molecule has 0 saturated heterocycles. The second kappa shape index (κ2) is 5.05. The predicted molar refractivity (Wildman–Crippen MR) is 66.3 cm³/mol. The third-order valence-electron chi connectivity index (χ3n) is 2.10. The molecule has 0 aliphatic rings. The fourth-order valence-corrected chi connectivity index (χ4v) is 1.52. The van der Waals surface area contributed by atoms with Gasteiger partial charge in [0.1, 0.15) is 5.82 Å². The molecule has 1 heterocycles. The quantitative estimate of drug-likeness (QED) is 0.924. The first-order chi connectivity index (χ1) is 8.16. The Morgan fingerprint density at radius 2 is 2.18 bits per heavy atom. The molecule has 5 heteroatoms. The van der Waals surface area contributed by atoms with Crippen molar-refractivity contribution in [3.05, 3.63) is 58.6 Å². The molecule has 0 aliphatic heterocycles. The van der Waals surface area contributed by atoms with Crippen molar-refractivity contribution in [2.24, 2.45) is 0 Å². The van der Waals surface area contributed by atoms with Crippen LogP contribution in [0.5, 0.6) is 0 Å². The van der Waals surface area contributed by atoms with Crippen LogP contribution in [0.2, 0.25) is 0 Å². The van der Waals surface area contributed by atoms with Crippen LogP contribution in [0.1, 0.15) is 10.4 Å². The van der Waals surface area contributed by atoms with E-state index in [1.807, 2.05) is 0 Å². The number of aromatic nitrogens is 1. The molecule has 0 unspecified atom stereocenters. The van der Waals surface area contributed by atoms with Crippen LogP contribution in [0.4, 0.5) is 10.1 Å². The van der Waals surface area contributed by atoms with E-state index in [0.29, 0.717) is 10.2 Å². The Kier molecular flexibility index (Phi) is 3.49. The van der Waals surface area contributed by atoms with E-state index < -0.39 is 5.82 Å². The lowest BCUT2D eigenvalue weighted by Gasteiger charge is -2.04. The van der Waals surface area contributed by atoms with E-state index in [2.05, 4.69) is 26.2 Å². The van der Waals surface area contributed by atoms with E-state index in [4.69, 9.17) is 0 Å². The number of nitrogens with one attached hydrogen (secondary N) is 1. The number of hydrogen-bond acceptors (Lipinski definition) is 2. The standard InChI is InChI=1S/C12H8BrFN2O/c13-10-4-3-8(6-11(10)14)12(17)16-9-2-1-5-15-7-9/h1-7H,(H,16,17). The number of carbonyl (C=O) groups excluding carboxylic acids is 1. The van der Waals surface area contributed by atoms with Crippen molar-refractivity contribution in [3.63, 3.8) is 0 Å². The SMILES string of the molecule is O=C(Nc1cccnc1)c1ccc(Br)c(F)c1. The summed E-state index contributed by atoms with van der Waals surface area (Å²) in [5.74, 6) is -0.840. The minimum absolute atomic E-state index is 0.259. The van der Waals surface area contributed by atoms with Crippen LogP contribution < -0.4 is 5.32 Å². The summed E-state index contributed by atoms with van der Waals surface area (Å²) < 4.78 is 13.6. The van der Waals surface area contributed by atoms with Crippen LogP contribution in [0.25, 0.3) is 0 Å². The van der Waals surface area contributed by atoms with Gasteiger partial charge in [-0.3, -0.25) is 9.78 Å². The Balaban J connectivity index is 2.18. The molecule has 17 heavy (non-hydrogen) atoms. The van der Waals surface area contributed by atoms with Crippen molar-refractivity contribution in [2.45, 2.75) is 0 Å². The van der Waals surface area contributed by atoms with Gasteiger partial charge in [0.25, 0.3) is 5.91 Å². The fourth-order valence-electron chi connectivity index (χ4n) is 1.28. The molecule has 0 aliphatic carbocycles. The highest BCUT2D eigenvalue weighted by molar-refractivity contribution is 9.10. The fraction of sp³-hybridized carbons (Fsp3) is 0. The first kappa shape index (κ1) is 11.7. The molecule has 2 aromatic rings. The molecule has 0 fully saturated rings. The second-order valence-electron chi connectivity index (χ2n) is 3.32. The summed E-state index contributed by atoms with van der Waals surface area (Å²) >= 11 is 3.03. The molecule has 1 aromatic carbocycles. The average molecular weight is 295 g/mol. The Morgan fingerprint density at radius 1 is 1.35 bits per heavy atom. The summed E-state index contributed by atoms with van der Waals surface area (Å²) in [5.41, 5.74) is 0.829. The lowest BCUT2D eigenvalue weighted by atomic mass is 10.2. The van der Waals surface area contributed by atoms with Crippen LogP contribution in [0.15, 0.2) is 47.2 Å². The predicted octanol–water partition coefficient (Wildman–Crippen LogP) is 3.24. The first-order valence-electron chi connectivity index (χ1n) is 4.83. The number of halogens is 2. The molecule has 1 N–H and O–H groups in total. The summed E-state index contributed by atoms with van der Waals surface area (Å²) in [6, 6.07) is 7.63. The third-order valence-corrected chi connectivity index (χ3v) is 2.74. The van der Waals surface area contributed by atoms with E-state index in [-0.39, 0.29) is 11.5 Å². The summed E-state index contributed by atoms with van der Waals surface area (Å²) in [6.07, 6.45) is 3.13. The lowest BCUT2D eigenvalue weighted by molar-refractivity contribution is 0.102. The second-order valence-corrected chi connectivity index (χ2v) is 4.18. The number of hydrogen-bond donors (Lipinski definition) is 1. The van der Waals surface area contributed by atoms with Crippen LogP contribution >= 0.6 is 15.9 Å². The number of rotatable bonds is 2. The van der Waals surface area contributed by atoms with E-state index in [1.54, 1.807) is 24.4 Å². The number of amides is 1. The zero-order valence-corrected chi connectivity index (χ0v) is 10.2. The highest BCUT2D eigenvalue weighted by Gasteiger charge is 2.08. The van der Waals surface area contributed by atoms with Gasteiger partial charge in [0.05, 0.1) is 16.4 Å². The molecule has 0 bridgehead atoms. The van der Waals surface area contributed by atoms with Gasteiger partial charge in [-0.25, -0.2) is 4.39 Å². The van der Waals surface area contributed by atoms with Gasteiger partial charge in [-0.1, -0.05) is 0 Å². The summed E-state index contributed by atoms with van der Waals surface area (Å²) in [4.78, 5) is 15.6. The Morgan fingerprint density at radius 3 is 2.82 bits per heavy atom. The number of benzene rings is 1. The molecule has 1 amide bonds. The molecule has 0 radical (unpaired) electrons. The molecule has 0 saturated carbocycles. The molecule has 86 valence electrons. The van der Waals surface area contributed by atoms with Crippen LogP contribution in [0, 0.1) is 5.82 Å². The first-order valence-corrected chi connectivity index (χ1v) is 5.62. The van der Waals surface area contributed by atoms with E-state index in [1.165, 1.54) is 18.3 Å². The summed E-state index contributed by atoms with van der Waals surface area (Å²) in [7, 11) is 0. The van der Waals surface area contributed by atoms with Gasteiger partial charge in [-0.05, 0) is 46.3 Å². The number of anilines is 1. The van der Waals surface area contributed by atoms with Crippen molar-refractivity contribution in [3.8, 4) is 0 Å². The van der Waals surface area contributed by atoms with Gasteiger partial charge in [0, 0.05) is 11.8 Å². The molecule has 0 spiro atoms. The van der Waals surface area contributed by atoms with Gasteiger partial charge in [0.15, 0.2) is 0 Å². The maximum Gasteiger partial charge on any atom is 0.255 e. The highest BCUT2D eigenvalue weighted by atomic mass is 79.9. The summed E-state index contributed by atoms with van der Waals surface area (Å²) in [6.45, 7) is 0. The minimum atomic E-state index is -0.469. The topological polar surface area (TPSA) is 42.0 Å². The molecular formula is C12H8BrFN2O. The zero-order valence-electron chi connectivity index (χ0n) is 8.65.